The first kappa shape index (κ1) is 12.5. The highest BCUT2D eigenvalue weighted by Crippen LogP contribution is 2.36. The lowest BCUT2D eigenvalue weighted by atomic mass is 9.84. The molecule has 1 aromatic rings. The maximum Gasteiger partial charge on any atom is 0.0378 e. The van der Waals surface area contributed by atoms with Crippen LogP contribution in [0.4, 0.5) is 5.69 Å². The molecule has 1 aromatic carbocycles. The smallest absolute Gasteiger partial charge is 0.0378 e. The first-order chi connectivity index (χ1) is 7.68. The molecule has 1 unspecified atom stereocenters. The van der Waals surface area contributed by atoms with Crippen LogP contribution in [-0.4, -0.2) is 6.04 Å². The van der Waals surface area contributed by atoms with Gasteiger partial charge in [0.1, 0.15) is 0 Å². The molecule has 94 valence electrons. The summed E-state index contributed by atoms with van der Waals surface area (Å²) < 4.78 is 0. The zero-order valence-electron chi connectivity index (χ0n) is 12.0. The quantitative estimate of drug-likeness (QED) is 0.699. The molecule has 0 saturated heterocycles. The normalized spacial score (nSPS) is 20.0. The zero-order valence-corrected chi connectivity index (χ0v) is 12.0. The second-order valence-electron chi connectivity index (χ2n) is 7.39. The third-order valence-corrected chi connectivity index (χ3v) is 3.78. The topological polar surface area (TPSA) is 12.0 Å². The Balaban J connectivity index is 2.29. The maximum atomic E-state index is 3.69. The first-order valence-electron chi connectivity index (χ1n) is 6.58. The van der Waals surface area contributed by atoms with Gasteiger partial charge in [0.05, 0.1) is 0 Å². The summed E-state index contributed by atoms with van der Waals surface area (Å²) in [6, 6.07) is 7.48. The average Bonchev–Trinajstić information content (AvgIpc) is 2.57. The second-order valence-corrected chi connectivity index (χ2v) is 7.39. The van der Waals surface area contributed by atoms with Crippen LogP contribution >= 0.6 is 0 Å². The highest BCUT2D eigenvalue weighted by atomic mass is 15.0. The number of anilines is 1. The van der Waals surface area contributed by atoms with Gasteiger partial charge in [0, 0.05) is 11.7 Å². The molecule has 0 saturated carbocycles. The van der Waals surface area contributed by atoms with E-state index in [-0.39, 0.29) is 5.41 Å². The molecule has 0 radical (unpaired) electrons. The number of benzene rings is 1. The zero-order chi connectivity index (χ0) is 12.8. The Labute approximate surface area is 106 Å². The van der Waals surface area contributed by atoms with Crippen LogP contribution in [0.3, 0.4) is 0 Å². The predicted octanol–water partition coefficient (Wildman–Crippen LogP) is 4.37. The minimum absolute atomic E-state index is 0.233. The molecule has 17 heavy (non-hydrogen) atoms. The number of hydrogen-bond donors (Lipinski definition) is 1. The molecule has 1 aliphatic heterocycles. The van der Waals surface area contributed by atoms with Crippen molar-refractivity contribution in [2.45, 2.75) is 59.4 Å². The maximum absolute atomic E-state index is 3.69. The van der Waals surface area contributed by atoms with E-state index >= 15 is 0 Å². The molecule has 0 amide bonds. The molecule has 0 bridgehead atoms. The molecule has 1 nitrogen and oxygen atoms in total. The van der Waals surface area contributed by atoms with Crippen LogP contribution in [0.15, 0.2) is 18.2 Å². The van der Waals surface area contributed by atoms with E-state index in [4.69, 9.17) is 0 Å². The van der Waals surface area contributed by atoms with E-state index in [9.17, 15) is 0 Å². The Morgan fingerprint density at radius 1 is 1.06 bits per heavy atom. The van der Waals surface area contributed by atoms with Crippen molar-refractivity contribution in [2.24, 2.45) is 5.41 Å². The predicted molar refractivity (Wildman–Crippen MR) is 75.7 cm³/mol. The van der Waals surface area contributed by atoms with E-state index in [2.05, 4.69) is 65.1 Å². The van der Waals surface area contributed by atoms with E-state index in [0.717, 1.165) is 6.42 Å². The first-order valence-corrected chi connectivity index (χ1v) is 6.58. The van der Waals surface area contributed by atoms with Crippen molar-refractivity contribution in [1.82, 2.24) is 0 Å². The largest absolute Gasteiger partial charge is 0.381 e. The number of hydrogen-bond acceptors (Lipinski definition) is 1. The number of rotatable bonds is 0. The molecular formula is C16H25N. The fourth-order valence-corrected chi connectivity index (χ4v) is 2.34. The number of nitrogens with one attached hydrogen (secondary N) is 1. The summed E-state index contributed by atoms with van der Waals surface area (Å²) in [4.78, 5) is 0. The molecule has 1 heteroatoms. The van der Waals surface area contributed by atoms with E-state index in [0.29, 0.717) is 11.5 Å². The van der Waals surface area contributed by atoms with Crippen molar-refractivity contribution in [3.05, 3.63) is 29.3 Å². The molecule has 0 spiro atoms. The van der Waals surface area contributed by atoms with Gasteiger partial charge in [-0.25, -0.2) is 0 Å². The van der Waals surface area contributed by atoms with Crippen molar-refractivity contribution in [3.8, 4) is 0 Å². The molecule has 0 aliphatic carbocycles. The van der Waals surface area contributed by atoms with Gasteiger partial charge in [0.15, 0.2) is 0 Å². The summed E-state index contributed by atoms with van der Waals surface area (Å²) in [5.41, 5.74) is 4.78. The minimum atomic E-state index is 0.233. The third kappa shape index (κ3) is 2.48. The van der Waals surface area contributed by atoms with Crippen molar-refractivity contribution in [2.75, 3.05) is 5.32 Å². The molecular weight excluding hydrogens is 206 g/mol. The van der Waals surface area contributed by atoms with Gasteiger partial charge in [-0.15, -0.1) is 0 Å². The minimum Gasteiger partial charge on any atom is -0.381 e. The van der Waals surface area contributed by atoms with Crippen LogP contribution in [0.5, 0.6) is 0 Å². The van der Waals surface area contributed by atoms with Crippen LogP contribution < -0.4 is 5.32 Å². The SMILES string of the molecule is CC(C)(C)c1ccc2c(c1)NC(C(C)(C)C)C2. The molecule has 1 N–H and O–H groups in total. The van der Waals surface area contributed by atoms with Gasteiger partial charge >= 0.3 is 0 Å². The molecule has 0 aromatic heterocycles. The van der Waals surface area contributed by atoms with Gasteiger partial charge in [0.2, 0.25) is 0 Å². The summed E-state index contributed by atoms with van der Waals surface area (Å²) in [7, 11) is 0. The van der Waals surface area contributed by atoms with Crippen LogP contribution in [0.2, 0.25) is 0 Å². The number of fused-ring (bicyclic) bond motifs is 1. The van der Waals surface area contributed by atoms with Gasteiger partial charge in [-0.05, 0) is 34.4 Å². The van der Waals surface area contributed by atoms with E-state index in [1.165, 1.54) is 16.8 Å². The van der Waals surface area contributed by atoms with Gasteiger partial charge in [-0.1, -0.05) is 53.7 Å². The van der Waals surface area contributed by atoms with Crippen LogP contribution in [-0.2, 0) is 11.8 Å². The second kappa shape index (κ2) is 3.76. The summed E-state index contributed by atoms with van der Waals surface area (Å²) in [6.45, 7) is 13.7. The van der Waals surface area contributed by atoms with Gasteiger partial charge < -0.3 is 5.32 Å². The monoisotopic (exact) mass is 231 g/mol. The summed E-state index contributed by atoms with van der Waals surface area (Å²) in [6.07, 6.45) is 1.16. The van der Waals surface area contributed by atoms with E-state index in [1.54, 1.807) is 0 Å². The Kier molecular flexibility index (Phi) is 2.76. The Hall–Kier alpha value is -0.980. The third-order valence-electron chi connectivity index (χ3n) is 3.78. The van der Waals surface area contributed by atoms with Crippen LogP contribution in [0, 0.1) is 5.41 Å². The summed E-state index contributed by atoms with van der Waals surface area (Å²) in [5, 5.41) is 3.69. The lowest BCUT2D eigenvalue weighted by Gasteiger charge is -2.27. The molecule has 1 atom stereocenters. The van der Waals surface area contributed by atoms with E-state index in [1.807, 2.05) is 0 Å². The van der Waals surface area contributed by atoms with Crippen LogP contribution in [0.25, 0.3) is 0 Å². The Bertz CT molecular complexity index is 418. The van der Waals surface area contributed by atoms with Gasteiger partial charge in [-0.2, -0.15) is 0 Å². The van der Waals surface area contributed by atoms with Crippen LogP contribution in [0.1, 0.15) is 52.7 Å². The highest BCUT2D eigenvalue weighted by Gasteiger charge is 2.31. The summed E-state index contributed by atoms with van der Waals surface area (Å²) >= 11 is 0. The molecule has 1 aliphatic rings. The molecule has 2 rings (SSSR count). The lowest BCUT2D eigenvalue weighted by Crippen LogP contribution is -2.31. The molecule has 1 heterocycles. The van der Waals surface area contributed by atoms with E-state index < -0.39 is 0 Å². The average molecular weight is 231 g/mol. The van der Waals surface area contributed by atoms with Crippen molar-refractivity contribution >= 4 is 5.69 Å². The summed E-state index contributed by atoms with van der Waals surface area (Å²) in [5.74, 6) is 0. The fraction of sp³-hybridized carbons (Fsp3) is 0.625. The standard InChI is InChI=1S/C16H25N/c1-15(2,3)12-8-7-11-9-14(16(4,5)6)17-13(11)10-12/h7-8,10,14,17H,9H2,1-6H3. The lowest BCUT2D eigenvalue weighted by molar-refractivity contribution is 0.347. The van der Waals surface area contributed by atoms with Crippen molar-refractivity contribution < 1.29 is 0 Å². The van der Waals surface area contributed by atoms with Gasteiger partial charge in [-0.3, -0.25) is 0 Å². The van der Waals surface area contributed by atoms with Crippen molar-refractivity contribution in [1.29, 1.82) is 0 Å². The fourth-order valence-electron chi connectivity index (χ4n) is 2.34. The van der Waals surface area contributed by atoms with Crippen molar-refractivity contribution in [3.63, 3.8) is 0 Å². The molecule has 0 fully saturated rings. The Morgan fingerprint density at radius 3 is 2.24 bits per heavy atom. The van der Waals surface area contributed by atoms with Gasteiger partial charge in [0.25, 0.3) is 0 Å². The highest BCUT2D eigenvalue weighted by molar-refractivity contribution is 5.59. The Morgan fingerprint density at radius 2 is 1.71 bits per heavy atom.